The van der Waals surface area contributed by atoms with Crippen LogP contribution in [0.4, 0.5) is 24.5 Å². The number of benzene rings is 2. The van der Waals surface area contributed by atoms with Gasteiger partial charge in [0.25, 0.3) is 5.91 Å². The van der Waals surface area contributed by atoms with Crippen LogP contribution in [-0.2, 0) is 15.8 Å². The molecule has 0 bridgehead atoms. The lowest BCUT2D eigenvalue weighted by atomic mass is 9.99. The van der Waals surface area contributed by atoms with Crippen LogP contribution in [0, 0.1) is 0 Å². The highest BCUT2D eigenvalue weighted by atomic mass is 19.4. The molecule has 1 atom stereocenters. The SMILES string of the molecule is O=C(C=C1CCCOc2cc(C(F)(F)F)ccc21)Nc1ccc2c(c1)NC(=O)C(CCO)O2. The number of anilines is 2. The number of ether oxygens (including phenoxy) is 2. The second kappa shape index (κ2) is 9.14. The van der Waals surface area contributed by atoms with Crippen molar-refractivity contribution < 1.29 is 37.3 Å². The summed E-state index contributed by atoms with van der Waals surface area (Å²) < 4.78 is 50.1. The highest BCUT2D eigenvalue weighted by Gasteiger charge is 2.32. The zero-order chi connectivity index (χ0) is 23.6. The first-order valence-corrected chi connectivity index (χ1v) is 10.3. The van der Waals surface area contributed by atoms with Gasteiger partial charge in [-0.15, -0.1) is 0 Å². The van der Waals surface area contributed by atoms with Gasteiger partial charge in [0, 0.05) is 30.4 Å². The minimum Gasteiger partial charge on any atom is -0.493 e. The molecule has 0 spiro atoms. The topological polar surface area (TPSA) is 96.9 Å². The molecule has 3 N–H and O–H groups in total. The lowest BCUT2D eigenvalue weighted by molar-refractivity contribution is -0.137. The number of amides is 2. The van der Waals surface area contributed by atoms with Gasteiger partial charge >= 0.3 is 6.18 Å². The Hall–Kier alpha value is -3.53. The summed E-state index contributed by atoms with van der Waals surface area (Å²) in [6.45, 7) is 0.0526. The van der Waals surface area contributed by atoms with Gasteiger partial charge in [0.2, 0.25) is 5.91 Å². The number of allylic oxidation sites excluding steroid dienone is 1. The zero-order valence-corrected chi connectivity index (χ0v) is 17.4. The summed E-state index contributed by atoms with van der Waals surface area (Å²) in [4.78, 5) is 24.7. The molecule has 0 saturated heterocycles. The van der Waals surface area contributed by atoms with Crippen LogP contribution in [0.5, 0.6) is 11.5 Å². The fraction of sp³-hybridized carbons (Fsp3) is 0.304. The molecular weight excluding hydrogens is 441 g/mol. The van der Waals surface area contributed by atoms with Gasteiger partial charge in [0.1, 0.15) is 11.5 Å². The Balaban J connectivity index is 1.53. The molecule has 2 aromatic rings. The minimum atomic E-state index is -4.49. The Morgan fingerprint density at radius 3 is 2.79 bits per heavy atom. The fourth-order valence-corrected chi connectivity index (χ4v) is 3.68. The normalized spacial score (nSPS) is 18.8. The van der Waals surface area contributed by atoms with E-state index in [1.807, 2.05) is 0 Å². The molecule has 174 valence electrons. The molecule has 0 radical (unpaired) electrons. The zero-order valence-electron chi connectivity index (χ0n) is 17.4. The first kappa shape index (κ1) is 22.7. The second-order valence-corrected chi connectivity index (χ2v) is 7.64. The Morgan fingerprint density at radius 1 is 1.21 bits per heavy atom. The van der Waals surface area contributed by atoms with Crippen molar-refractivity contribution in [1.82, 2.24) is 0 Å². The van der Waals surface area contributed by atoms with Gasteiger partial charge in [-0.25, -0.2) is 0 Å². The maximum atomic E-state index is 13.0. The maximum Gasteiger partial charge on any atom is 0.416 e. The van der Waals surface area contributed by atoms with Crippen molar-refractivity contribution in [2.24, 2.45) is 0 Å². The molecule has 33 heavy (non-hydrogen) atoms. The molecule has 2 aliphatic heterocycles. The van der Waals surface area contributed by atoms with E-state index in [2.05, 4.69) is 10.6 Å². The molecule has 2 aromatic carbocycles. The van der Waals surface area contributed by atoms with E-state index in [4.69, 9.17) is 14.6 Å². The van der Waals surface area contributed by atoms with E-state index in [9.17, 15) is 22.8 Å². The first-order chi connectivity index (χ1) is 15.7. The highest BCUT2D eigenvalue weighted by Crippen LogP contribution is 2.38. The van der Waals surface area contributed by atoms with Crippen molar-refractivity contribution in [2.45, 2.75) is 31.5 Å². The lowest BCUT2D eigenvalue weighted by Crippen LogP contribution is -2.37. The van der Waals surface area contributed by atoms with Crippen molar-refractivity contribution in [3.8, 4) is 11.5 Å². The van der Waals surface area contributed by atoms with E-state index in [1.54, 1.807) is 18.2 Å². The van der Waals surface area contributed by atoms with Crippen molar-refractivity contribution in [2.75, 3.05) is 23.8 Å². The van der Waals surface area contributed by atoms with Crippen molar-refractivity contribution in [3.63, 3.8) is 0 Å². The summed E-state index contributed by atoms with van der Waals surface area (Å²) in [5.41, 5.74) is 0.975. The third-order valence-electron chi connectivity index (χ3n) is 5.27. The van der Waals surface area contributed by atoms with Gasteiger partial charge in [-0.2, -0.15) is 13.2 Å². The molecule has 2 heterocycles. The summed E-state index contributed by atoms with van der Waals surface area (Å²) in [7, 11) is 0. The summed E-state index contributed by atoms with van der Waals surface area (Å²) in [6.07, 6.45) is -2.77. The number of alkyl halides is 3. The Bertz CT molecular complexity index is 1110. The molecular formula is C23H21F3N2O5. The van der Waals surface area contributed by atoms with Gasteiger partial charge in [0.15, 0.2) is 6.10 Å². The van der Waals surface area contributed by atoms with Crippen molar-refractivity contribution >= 4 is 28.8 Å². The number of halogens is 3. The molecule has 2 amide bonds. The number of hydrogen-bond donors (Lipinski definition) is 3. The number of rotatable bonds is 4. The molecule has 0 aromatic heterocycles. The molecule has 1 unspecified atom stereocenters. The molecule has 10 heteroatoms. The van der Waals surface area contributed by atoms with E-state index in [0.29, 0.717) is 41.1 Å². The van der Waals surface area contributed by atoms with E-state index in [-0.39, 0.29) is 25.4 Å². The van der Waals surface area contributed by atoms with Crippen LogP contribution in [-0.4, -0.2) is 36.2 Å². The molecule has 4 rings (SSSR count). The van der Waals surface area contributed by atoms with Gasteiger partial charge in [-0.1, -0.05) is 6.07 Å². The van der Waals surface area contributed by atoms with Gasteiger partial charge < -0.3 is 25.2 Å². The highest BCUT2D eigenvalue weighted by molar-refractivity contribution is 6.05. The van der Waals surface area contributed by atoms with Crippen LogP contribution in [0.25, 0.3) is 5.57 Å². The van der Waals surface area contributed by atoms with Crippen LogP contribution in [0.3, 0.4) is 0 Å². The number of aliphatic hydroxyl groups excluding tert-OH is 1. The van der Waals surface area contributed by atoms with Crippen LogP contribution in [0.1, 0.15) is 30.4 Å². The number of carbonyl (C=O) groups is 2. The number of aliphatic hydroxyl groups is 1. The van der Waals surface area contributed by atoms with E-state index in [0.717, 1.165) is 12.1 Å². The number of carbonyl (C=O) groups excluding carboxylic acids is 2. The Labute approximate surface area is 187 Å². The van der Waals surface area contributed by atoms with E-state index < -0.39 is 29.7 Å². The summed E-state index contributed by atoms with van der Waals surface area (Å²) in [6, 6.07) is 7.96. The Morgan fingerprint density at radius 2 is 2.03 bits per heavy atom. The molecule has 2 aliphatic rings. The quantitative estimate of drug-likeness (QED) is 0.598. The molecule has 0 fully saturated rings. The number of fused-ring (bicyclic) bond motifs is 2. The molecule has 0 saturated carbocycles. The predicted molar refractivity (Wildman–Crippen MR) is 114 cm³/mol. The third kappa shape index (κ3) is 5.11. The minimum absolute atomic E-state index is 0.0902. The number of hydrogen-bond acceptors (Lipinski definition) is 5. The average molecular weight is 462 g/mol. The van der Waals surface area contributed by atoms with Gasteiger partial charge in [-0.05, 0) is 48.7 Å². The lowest BCUT2D eigenvalue weighted by Gasteiger charge is -2.25. The largest absolute Gasteiger partial charge is 0.493 e. The van der Waals surface area contributed by atoms with E-state index in [1.165, 1.54) is 12.1 Å². The average Bonchev–Trinajstić information content (AvgIpc) is 2.95. The van der Waals surface area contributed by atoms with Crippen LogP contribution in [0.15, 0.2) is 42.5 Å². The van der Waals surface area contributed by atoms with Crippen LogP contribution in [0.2, 0.25) is 0 Å². The summed E-state index contributed by atoms with van der Waals surface area (Å²) >= 11 is 0. The van der Waals surface area contributed by atoms with E-state index >= 15 is 0 Å². The maximum absolute atomic E-state index is 13.0. The first-order valence-electron chi connectivity index (χ1n) is 10.3. The van der Waals surface area contributed by atoms with Gasteiger partial charge in [0.05, 0.1) is 17.9 Å². The third-order valence-corrected chi connectivity index (χ3v) is 5.27. The smallest absolute Gasteiger partial charge is 0.416 e. The molecule has 0 aliphatic carbocycles. The Kier molecular flexibility index (Phi) is 6.28. The number of nitrogens with one attached hydrogen (secondary N) is 2. The summed E-state index contributed by atoms with van der Waals surface area (Å²) in [5, 5.41) is 14.4. The van der Waals surface area contributed by atoms with Crippen molar-refractivity contribution in [1.29, 1.82) is 0 Å². The van der Waals surface area contributed by atoms with Crippen LogP contribution >= 0.6 is 0 Å². The van der Waals surface area contributed by atoms with Crippen LogP contribution < -0.4 is 20.1 Å². The second-order valence-electron chi connectivity index (χ2n) is 7.64. The standard InChI is InChI=1S/C23H21F3N2O5/c24-23(25,26)14-3-5-16-13(2-1-9-32-20(16)11-14)10-21(30)27-15-4-6-18-17(12-15)28-22(31)19(33-18)7-8-29/h3-6,10-12,19,29H,1-2,7-9H2,(H,27,30)(H,28,31). The van der Waals surface area contributed by atoms with Gasteiger partial charge in [-0.3, -0.25) is 9.59 Å². The fourth-order valence-electron chi connectivity index (χ4n) is 3.68. The molecule has 7 nitrogen and oxygen atoms in total. The van der Waals surface area contributed by atoms with Crippen molar-refractivity contribution in [3.05, 3.63) is 53.6 Å². The summed E-state index contributed by atoms with van der Waals surface area (Å²) in [5.74, 6) is -0.360. The predicted octanol–water partition coefficient (Wildman–Crippen LogP) is 3.98. The monoisotopic (exact) mass is 462 g/mol.